The summed E-state index contributed by atoms with van der Waals surface area (Å²) in [6.45, 7) is 13.2. The fraction of sp³-hybridized carbons (Fsp3) is 0.429. The second-order valence-electron chi connectivity index (χ2n) is 5.43. The van der Waals surface area contributed by atoms with Crippen LogP contribution in [-0.2, 0) is 6.54 Å². The van der Waals surface area contributed by atoms with Crippen molar-refractivity contribution in [3.63, 3.8) is 0 Å². The molecular formula is C14H22ClN3. The van der Waals surface area contributed by atoms with Crippen LogP contribution >= 0.6 is 11.6 Å². The lowest BCUT2D eigenvalue weighted by atomic mass is 9.92. The fourth-order valence-corrected chi connectivity index (χ4v) is 1.82. The first-order valence-corrected chi connectivity index (χ1v) is 6.33. The van der Waals surface area contributed by atoms with Gasteiger partial charge in [0.05, 0.1) is 10.7 Å². The smallest absolute Gasteiger partial charge is 0.0704 e. The number of nitrogens with two attached hydrogens (primary N) is 1. The fourth-order valence-electron chi connectivity index (χ4n) is 1.56. The maximum Gasteiger partial charge on any atom is 0.0704 e. The van der Waals surface area contributed by atoms with E-state index in [0.717, 1.165) is 22.5 Å². The quantitative estimate of drug-likeness (QED) is 0.577. The van der Waals surface area contributed by atoms with Crippen molar-refractivity contribution in [2.45, 2.75) is 34.2 Å². The molecule has 0 aromatic heterocycles. The number of hydrazine groups is 1. The highest BCUT2D eigenvalue weighted by atomic mass is 35.5. The minimum Gasteiger partial charge on any atom is -0.384 e. The molecule has 3 nitrogen and oxygen atoms in total. The van der Waals surface area contributed by atoms with E-state index < -0.39 is 0 Å². The topological polar surface area (TPSA) is 50.1 Å². The highest BCUT2D eigenvalue weighted by Crippen LogP contribution is 2.28. The lowest BCUT2D eigenvalue weighted by Gasteiger charge is -2.24. The Labute approximate surface area is 114 Å². The molecule has 0 atom stereocenters. The number of hydrogen-bond acceptors (Lipinski definition) is 3. The van der Waals surface area contributed by atoms with Crippen molar-refractivity contribution in [3.8, 4) is 0 Å². The Bertz CT molecular complexity index is 447. The Hall–Kier alpha value is -1.19. The van der Waals surface area contributed by atoms with Gasteiger partial charge in [0, 0.05) is 17.7 Å². The number of allylic oxidation sites excluding steroid dienone is 1. The third-order valence-corrected chi connectivity index (χ3v) is 3.38. The number of halogens is 1. The van der Waals surface area contributed by atoms with Crippen molar-refractivity contribution in [1.29, 1.82) is 0 Å². The van der Waals surface area contributed by atoms with E-state index in [9.17, 15) is 0 Å². The number of nitrogen functional groups attached to an aromatic ring is 1. The van der Waals surface area contributed by atoms with Gasteiger partial charge in [0.25, 0.3) is 0 Å². The normalized spacial score (nSPS) is 11.2. The van der Waals surface area contributed by atoms with Gasteiger partial charge in [-0.05, 0) is 24.1 Å². The molecule has 1 aromatic rings. The molecule has 0 amide bonds. The van der Waals surface area contributed by atoms with Gasteiger partial charge < -0.3 is 10.7 Å². The van der Waals surface area contributed by atoms with E-state index in [-0.39, 0.29) is 5.41 Å². The highest BCUT2D eigenvalue weighted by molar-refractivity contribution is 6.33. The Morgan fingerprint density at radius 1 is 1.39 bits per heavy atom. The molecule has 1 aromatic carbocycles. The van der Waals surface area contributed by atoms with Crippen LogP contribution in [0.5, 0.6) is 0 Å². The van der Waals surface area contributed by atoms with Crippen molar-refractivity contribution in [3.05, 3.63) is 40.6 Å². The Kier molecular flexibility index (Phi) is 4.65. The van der Waals surface area contributed by atoms with Crippen LogP contribution in [0.4, 0.5) is 5.69 Å². The van der Waals surface area contributed by atoms with Gasteiger partial charge in [-0.2, -0.15) is 0 Å². The molecule has 0 aliphatic heterocycles. The van der Waals surface area contributed by atoms with Gasteiger partial charge in [-0.25, -0.2) is 0 Å². The summed E-state index contributed by atoms with van der Waals surface area (Å²) < 4.78 is 0. The lowest BCUT2D eigenvalue weighted by Crippen LogP contribution is -2.23. The van der Waals surface area contributed by atoms with Gasteiger partial charge in [0.2, 0.25) is 0 Å². The number of nitrogens with one attached hydrogen (secondary N) is 2. The molecule has 0 fully saturated rings. The monoisotopic (exact) mass is 267 g/mol. The summed E-state index contributed by atoms with van der Waals surface area (Å²) in [5, 5.41) is 3.98. The first-order valence-electron chi connectivity index (χ1n) is 5.95. The Morgan fingerprint density at radius 2 is 2.00 bits per heavy atom. The summed E-state index contributed by atoms with van der Waals surface area (Å²) >= 11 is 6.06. The summed E-state index contributed by atoms with van der Waals surface area (Å²) in [5.74, 6) is 5.47. The summed E-state index contributed by atoms with van der Waals surface area (Å²) in [6.07, 6.45) is 0. The zero-order chi connectivity index (χ0) is 13.9. The number of anilines is 1. The molecule has 18 heavy (non-hydrogen) atoms. The van der Waals surface area contributed by atoms with Gasteiger partial charge in [0.1, 0.15) is 0 Å². The second-order valence-corrected chi connectivity index (χ2v) is 5.84. The number of hydrogen-bond donors (Lipinski definition) is 3. The van der Waals surface area contributed by atoms with E-state index in [1.54, 1.807) is 0 Å². The molecule has 0 bridgehead atoms. The van der Waals surface area contributed by atoms with Gasteiger partial charge >= 0.3 is 0 Å². The van der Waals surface area contributed by atoms with Gasteiger partial charge in [-0.1, -0.05) is 45.0 Å². The highest BCUT2D eigenvalue weighted by Gasteiger charge is 2.15. The van der Waals surface area contributed by atoms with Crippen molar-refractivity contribution in [2.24, 2.45) is 11.3 Å². The number of benzene rings is 1. The predicted molar refractivity (Wildman–Crippen MR) is 79.4 cm³/mol. The van der Waals surface area contributed by atoms with Crippen LogP contribution in [0, 0.1) is 12.3 Å². The van der Waals surface area contributed by atoms with Crippen molar-refractivity contribution < 1.29 is 0 Å². The molecule has 0 saturated heterocycles. The van der Waals surface area contributed by atoms with Crippen LogP contribution in [-0.4, -0.2) is 0 Å². The van der Waals surface area contributed by atoms with Crippen LogP contribution in [0.2, 0.25) is 5.02 Å². The molecule has 4 N–H and O–H groups in total. The third-order valence-electron chi connectivity index (χ3n) is 3.07. The van der Waals surface area contributed by atoms with Crippen LogP contribution in [0.15, 0.2) is 24.4 Å². The SMILES string of the molecule is C=C(NCc1ccc(Cl)c(NN)c1C)C(C)(C)C. The van der Waals surface area contributed by atoms with Gasteiger partial charge in [-0.15, -0.1) is 0 Å². The molecule has 0 radical (unpaired) electrons. The standard InChI is InChI=1S/C14H22ClN3/c1-9-11(6-7-12(15)13(9)18-16)8-17-10(2)14(3,4)5/h6-7,17-18H,2,8,16H2,1,3-5H3. The van der Waals surface area contributed by atoms with E-state index in [0.29, 0.717) is 11.6 Å². The predicted octanol–water partition coefficient (Wildman–Crippen LogP) is 3.58. The van der Waals surface area contributed by atoms with Gasteiger partial charge in [0.15, 0.2) is 0 Å². The average molecular weight is 268 g/mol. The molecule has 0 aliphatic rings. The minimum absolute atomic E-state index is 0.0509. The lowest BCUT2D eigenvalue weighted by molar-refractivity contribution is 0.461. The zero-order valence-corrected chi connectivity index (χ0v) is 12.3. The molecule has 0 aliphatic carbocycles. The Balaban J connectivity index is 2.84. The molecule has 4 heteroatoms. The molecule has 100 valence electrons. The maximum absolute atomic E-state index is 6.06. The minimum atomic E-state index is 0.0509. The third kappa shape index (κ3) is 3.40. The van der Waals surface area contributed by atoms with Crippen molar-refractivity contribution in [2.75, 3.05) is 5.43 Å². The molecular weight excluding hydrogens is 246 g/mol. The molecule has 0 saturated carbocycles. The molecule has 0 spiro atoms. The first-order chi connectivity index (χ1) is 8.27. The second kappa shape index (κ2) is 5.63. The zero-order valence-electron chi connectivity index (χ0n) is 11.5. The maximum atomic E-state index is 6.06. The van der Waals surface area contributed by atoms with Crippen LogP contribution in [0.3, 0.4) is 0 Å². The number of rotatable bonds is 4. The van der Waals surface area contributed by atoms with E-state index in [2.05, 4.69) is 38.1 Å². The van der Waals surface area contributed by atoms with E-state index in [1.165, 1.54) is 0 Å². The summed E-state index contributed by atoms with van der Waals surface area (Å²) in [7, 11) is 0. The average Bonchev–Trinajstić information content (AvgIpc) is 2.27. The largest absolute Gasteiger partial charge is 0.384 e. The molecule has 1 rings (SSSR count). The summed E-state index contributed by atoms with van der Waals surface area (Å²) in [4.78, 5) is 0. The molecule has 0 heterocycles. The van der Waals surface area contributed by atoms with Crippen LogP contribution in [0.25, 0.3) is 0 Å². The van der Waals surface area contributed by atoms with Crippen molar-refractivity contribution >= 4 is 17.3 Å². The van der Waals surface area contributed by atoms with Crippen molar-refractivity contribution in [1.82, 2.24) is 5.32 Å². The summed E-state index contributed by atoms with van der Waals surface area (Å²) in [5.41, 5.74) is 6.68. The van der Waals surface area contributed by atoms with E-state index in [4.69, 9.17) is 17.4 Å². The van der Waals surface area contributed by atoms with E-state index in [1.807, 2.05) is 19.1 Å². The van der Waals surface area contributed by atoms with Crippen LogP contribution in [0.1, 0.15) is 31.9 Å². The molecule has 0 unspecified atom stereocenters. The van der Waals surface area contributed by atoms with Crippen LogP contribution < -0.4 is 16.6 Å². The van der Waals surface area contributed by atoms with Gasteiger partial charge in [-0.3, -0.25) is 5.84 Å². The first kappa shape index (κ1) is 14.9. The van der Waals surface area contributed by atoms with E-state index >= 15 is 0 Å². The summed E-state index contributed by atoms with van der Waals surface area (Å²) in [6, 6.07) is 3.85. The Morgan fingerprint density at radius 3 is 2.50 bits per heavy atom.